The zero-order valence-electron chi connectivity index (χ0n) is 14.2. The lowest BCUT2D eigenvalue weighted by molar-refractivity contribution is 0.137. The van der Waals surface area contributed by atoms with E-state index in [2.05, 4.69) is 36.5 Å². The number of nitrogens with one attached hydrogen (secondary N) is 2. The van der Waals surface area contributed by atoms with Gasteiger partial charge < -0.3 is 15.4 Å². The number of rotatable bonds is 6. The molecule has 26 heavy (non-hydrogen) atoms. The first-order chi connectivity index (χ1) is 12.6. The van der Waals surface area contributed by atoms with Gasteiger partial charge in [0.2, 0.25) is 5.28 Å². The monoisotopic (exact) mass is 438 g/mol. The van der Waals surface area contributed by atoms with Gasteiger partial charge in [-0.1, -0.05) is 43.2 Å². The minimum atomic E-state index is -0.429. The summed E-state index contributed by atoms with van der Waals surface area (Å²) in [5.41, 5.74) is 0.683. The van der Waals surface area contributed by atoms with Crippen molar-refractivity contribution in [3.05, 3.63) is 51.8 Å². The van der Waals surface area contributed by atoms with E-state index in [-0.39, 0.29) is 17.4 Å². The van der Waals surface area contributed by atoms with Crippen molar-refractivity contribution in [2.75, 3.05) is 11.9 Å². The van der Waals surface area contributed by atoms with E-state index < -0.39 is 6.09 Å². The molecule has 1 heterocycles. The van der Waals surface area contributed by atoms with Crippen LogP contribution in [0.3, 0.4) is 0 Å². The first-order valence-corrected chi connectivity index (χ1v) is 9.64. The molecule has 138 valence electrons. The molecule has 2 aromatic rings. The Balaban J connectivity index is 1.57. The molecule has 1 aromatic heterocycles. The van der Waals surface area contributed by atoms with Crippen LogP contribution in [0.2, 0.25) is 5.28 Å². The Morgan fingerprint density at radius 1 is 1.27 bits per heavy atom. The average molecular weight is 440 g/mol. The fraction of sp³-hybridized carbons (Fsp3) is 0.389. The van der Waals surface area contributed by atoms with Gasteiger partial charge in [-0.05, 0) is 45.9 Å². The standard InChI is InChI=1S/C18H20BrClN4O2/c19-14-10-21-16(20)23-15(14)24-18(8-4-5-9-18)12-22-17(25)26-11-13-6-2-1-3-7-13/h1-3,6-7,10H,4-5,8-9,11-12H2,(H,22,25)(H,21,23,24). The first-order valence-electron chi connectivity index (χ1n) is 8.47. The molecule has 3 rings (SSSR count). The third-order valence-electron chi connectivity index (χ3n) is 4.44. The van der Waals surface area contributed by atoms with Gasteiger partial charge in [-0.3, -0.25) is 0 Å². The summed E-state index contributed by atoms with van der Waals surface area (Å²) < 4.78 is 6.03. The topological polar surface area (TPSA) is 76.1 Å². The van der Waals surface area contributed by atoms with E-state index in [1.807, 2.05) is 30.3 Å². The second-order valence-electron chi connectivity index (χ2n) is 6.36. The lowest BCUT2D eigenvalue weighted by Gasteiger charge is -2.31. The molecule has 6 nitrogen and oxygen atoms in total. The van der Waals surface area contributed by atoms with Gasteiger partial charge in [0.05, 0.1) is 10.0 Å². The highest BCUT2D eigenvalue weighted by molar-refractivity contribution is 9.10. The molecule has 0 radical (unpaired) electrons. The number of alkyl carbamates (subject to hydrolysis) is 1. The zero-order valence-corrected chi connectivity index (χ0v) is 16.5. The predicted molar refractivity (Wildman–Crippen MR) is 104 cm³/mol. The maximum absolute atomic E-state index is 12.1. The summed E-state index contributed by atoms with van der Waals surface area (Å²) >= 11 is 9.34. The van der Waals surface area contributed by atoms with Gasteiger partial charge in [0.1, 0.15) is 12.4 Å². The molecule has 0 atom stereocenters. The first kappa shape index (κ1) is 18.9. The summed E-state index contributed by atoms with van der Waals surface area (Å²) in [6.45, 7) is 0.703. The van der Waals surface area contributed by atoms with Crippen molar-refractivity contribution in [2.45, 2.75) is 37.8 Å². The molecule has 1 fully saturated rings. The van der Waals surface area contributed by atoms with Crippen LogP contribution in [0.5, 0.6) is 0 Å². The summed E-state index contributed by atoms with van der Waals surface area (Å²) in [7, 11) is 0. The summed E-state index contributed by atoms with van der Waals surface area (Å²) in [6, 6.07) is 9.60. The lowest BCUT2D eigenvalue weighted by Crippen LogP contribution is -2.47. The predicted octanol–water partition coefficient (Wildman–Crippen LogP) is 4.54. The Morgan fingerprint density at radius 3 is 2.73 bits per heavy atom. The SMILES string of the molecule is O=C(NCC1(Nc2nc(Cl)ncc2Br)CCCC1)OCc1ccccc1. The van der Waals surface area contributed by atoms with E-state index in [0.717, 1.165) is 35.7 Å². The van der Waals surface area contributed by atoms with Crippen LogP contribution in [-0.2, 0) is 11.3 Å². The maximum atomic E-state index is 12.1. The highest BCUT2D eigenvalue weighted by Gasteiger charge is 2.35. The van der Waals surface area contributed by atoms with E-state index >= 15 is 0 Å². The smallest absolute Gasteiger partial charge is 0.407 e. The van der Waals surface area contributed by atoms with Crippen LogP contribution >= 0.6 is 27.5 Å². The second-order valence-corrected chi connectivity index (χ2v) is 7.56. The average Bonchev–Trinajstić information content (AvgIpc) is 3.11. The summed E-state index contributed by atoms with van der Waals surface area (Å²) in [5.74, 6) is 0.631. The largest absolute Gasteiger partial charge is 0.445 e. The molecule has 8 heteroatoms. The number of amides is 1. The van der Waals surface area contributed by atoms with Gasteiger partial charge in [0.25, 0.3) is 0 Å². The normalized spacial score (nSPS) is 15.5. The maximum Gasteiger partial charge on any atom is 0.407 e. The number of carbonyl (C=O) groups is 1. The highest BCUT2D eigenvalue weighted by atomic mass is 79.9. The second kappa shape index (κ2) is 8.68. The van der Waals surface area contributed by atoms with E-state index in [1.54, 1.807) is 6.20 Å². The van der Waals surface area contributed by atoms with Crippen LogP contribution in [0.15, 0.2) is 41.0 Å². The van der Waals surface area contributed by atoms with Crippen molar-refractivity contribution in [3.8, 4) is 0 Å². The van der Waals surface area contributed by atoms with E-state index in [0.29, 0.717) is 12.4 Å². The number of benzene rings is 1. The van der Waals surface area contributed by atoms with Gasteiger partial charge in [-0.15, -0.1) is 0 Å². The Hall–Kier alpha value is -1.86. The molecule has 0 aliphatic heterocycles. The van der Waals surface area contributed by atoms with Crippen molar-refractivity contribution >= 4 is 39.4 Å². The molecule has 1 saturated carbocycles. The molecular weight excluding hydrogens is 420 g/mol. The lowest BCUT2D eigenvalue weighted by atomic mass is 9.97. The third kappa shape index (κ3) is 5.08. The fourth-order valence-corrected chi connectivity index (χ4v) is 3.52. The van der Waals surface area contributed by atoms with Crippen molar-refractivity contribution in [1.82, 2.24) is 15.3 Å². The molecule has 0 spiro atoms. The number of halogens is 2. The molecule has 0 unspecified atom stereocenters. The molecule has 0 bridgehead atoms. The van der Waals surface area contributed by atoms with Crippen molar-refractivity contribution in [1.29, 1.82) is 0 Å². The number of ether oxygens (including phenoxy) is 1. The van der Waals surface area contributed by atoms with Crippen molar-refractivity contribution in [3.63, 3.8) is 0 Å². The van der Waals surface area contributed by atoms with Crippen LogP contribution in [0.4, 0.5) is 10.6 Å². The number of nitrogens with zero attached hydrogens (tertiary/aromatic N) is 2. The van der Waals surface area contributed by atoms with E-state index in [4.69, 9.17) is 16.3 Å². The summed E-state index contributed by atoms with van der Waals surface area (Å²) in [6.07, 6.45) is 5.22. The molecule has 1 amide bonds. The molecular formula is C18H20BrClN4O2. The Kier molecular flexibility index (Phi) is 6.32. The van der Waals surface area contributed by atoms with Crippen LogP contribution in [-0.4, -0.2) is 28.1 Å². The molecule has 1 aliphatic carbocycles. The summed E-state index contributed by atoms with van der Waals surface area (Å²) in [4.78, 5) is 20.3. The van der Waals surface area contributed by atoms with Gasteiger partial charge >= 0.3 is 6.09 Å². The quantitative estimate of drug-likeness (QED) is 0.646. The number of anilines is 1. The minimum Gasteiger partial charge on any atom is -0.445 e. The molecule has 2 N–H and O–H groups in total. The molecule has 1 aromatic carbocycles. The van der Waals surface area contributed by atoms with E-state index in [9.17, 15) is 4.79 Å². The number of hydrogen-bond acceptors (Lipinski definition) is 5. The summed E-state index contributed by atoms with van der Waals surface area (Å²) in [5, 5.41) is 6.49. The molecule has 1 aliphatic rings. The van der Waals surface area contributed by atoms with Crippen molar-refractivity contribution < 1.29 is 9.53 Å². The Morgan fingerprint density at radius 2 is 2.00 bits per heavy atom. The van der Waals surface area contributed by atoms with Crippen LogP contribution < -0.4 is 10.6 Å². The van der Waals surface area contributed by atoms with Crippen LogP contribution in [0.1, 0.15) is 31.2 Å². The highest BCUT2D eigenvalue weighted by Crippen LogP contribution is 2.34. The van der Waals surface area contributed by atoms with Gasteiger partial charge in [-0.2, -0.15) is 4.98 Å². The van der Waals surface area contributed by atoms with Gasteiger partial charge in [-0.25, -0.2) is 9.78 Å². The van der Waals surface area contributed by atoms with Gasteiger partial charge in [0, 0.05) is 12.7 Å². The number of hydrogen-bond donors (Lipinski definition) is 2. The Bertz CT molecular complexity index is 754. The van der Waals surface area contributed by atoms with E-state index in [1.165, 1.54) is 0 Å². The third-order valence-corrected chi connectivity index (χ3v) is 5.21. The molecule has 0 saturated heterocycles. The number of carbonyl (C=O) groups excluding carboxylic acids is 1. The minimum absolute atomic E-state index is 0.180. The van der Waals surface area contributed by atoms with Crippen LogP contribution in [0.25, 0.3) is 0 Å². The van der Waals surface area contributed by atoms with Crippen LogP contribution in [0, 0.1) is 0 Å². The van der Waals surface area contributed by atoms with Gasteiger partial charge in [0.15, 0.2) is 0 Å². The van der Waals surface area contributed by atoms with Crippen molar-refractivity contribution in [2.24, 2.45) is 0 Å². The number of aromatic nitrogens is 2. The fourth-order valence-electron chi connectivity index (χ4n) is 3.10. The zero-order chi connectivity index (χ0) is 18.4. The Labute approximate surface area is 165 Å².